The molecule has 0 spiro atoms. The number of halogens is 6. The van der Waals surface area contributed by atoms with Crippen molar-refractivity contribution in [3.05, 3.63) is 47.3 Å². The van der Waals surface area contributed by atoms with Crippen LogP contribution in [0.2, 0.25) is 0 Å². The highest BCUT2D eigenvalue weighted by atomic mass is 35.5. The summed E-state index contributed by atoms with van der Waals surface area (Å²) in [6.07, 6.45) is 1.50. The Morgan fingerprint density at radius 2 is 1.41 bits per heavy atom. The van der Waals surface area contributed by atoms with Gasteiger partial charge < -0.3 is 5.32 Å². The first kappa shape index (κ1) is 18.9. The lowest BCUT2D eigenvalue weighted by molar-refractivity contribution is 0.165. The smallest absolute Gasteiger partial charge is 0.200 e. The molecule has 2 nitrogen and oxygen atoms in total. The molecule has 0 bridgehead atoms. The fourth-order valence-electron chi connectivity index (χ4n) is 2.52. The van der Waals surface area contributed by atoms with Crippen LogP contribution in [0.25, 0.3) is 0 Å². The zero-order chi connectivity index (χ0) is 15.6. The van der Waals surface area contributed by atoms with E-state index >= 15 is 0 Å². The van der Waals surface area contributed by atoms with E-state index in [1.165, 1.54) is 6.08 Å². The molecule has 0 aliphatic carbocycles. The third kappa shape index (κ3) is 3.42. The molecule has 1 aliphatic rings. The Morgan fingerprint density at radius 1 is 0.955 bits per heavy atom. The van der Waals surface area contributed by atoms with Gasteiger partial charge in [0.1, 0.15) is 0 Å². The molecule has 0 aromatic heterocycles. The Labute approximate surface area is 131 Å². The molecule has 1 atom stereocenters. The summed E-state index contributed by atoms with van der Waals surface area (Å²) < 4.78 is 67.7. The zero-order valence-corrected chi connectivity index (χ0v) is 12.5. The van der Waals surface area contributed by atoms with Gasteiger partial charge in [0, 0.05) is 37.8 Å². The number of nitrogens with zero attached hydrogens (tertiary/aromatic N) is 1. The van der Waals surface area contributed by atoms with Gasteiger partial charge in [-0.1, -0.05) is 6.08 Å². The van der Waals surface area contributed by atoms with Gasteiger partial charge in [-0.3, -0.25) is 4.90 Å². The highest BCUT2D eigenvalue weighted by Crippen LogP contribution is 2.33. The Morgan fingerprint density at radius 3 is 1.86 bits per heavy atom. The molecule has 1 fully saturated rings. The SMILES string of the molecule is C=CC[C@@H](c1c(F)c(F)c(F)c(F)c1F)N1CCNCC1.Cl. The van der Waals surface area contributed by atoms with Gasteiger partial charge in [0.15, 0.2) is 23.3 Å². The molecule has 22 heavy (non-hydrogen) atoms. The summed E-state index contributed by atoms with van der Waals surface area (Å²) in [7, 11) is 0. The summed E-state index contributed by atoms with van der Waals surface area (Å²) >= 11 is 0. The standard InChI is InChI=1S/C14H15F5N2.ClH/c1-2-3-8(21-6-4-20-5-7-21)9-10(15)12(17)14(19)13(18)11(9)16;/h2,8,20H,1,3-7H2;1H/t8-;/m0./s1. The quantitative estimate of drug-likeness (QED) is 0.391. The maximum atomic E-state index is 13.9. The molecule has 0 amide bonds. The van der Waals surface area contributed by atoms with Gasteiger partial charge in [0.2, 0.25) is 5.82 Å². The average molecular weight is 343 g/mol. The number of nitrogens with one attached hydrogen (secondary N) is 1. The van der Waals surface area contributed by atoms with Gasteiger partial charge in [-0.25, -0.2) is 22.0 Å². The third-order valence-electron chi connectivity index (χ3n) is 3.56. The van der Waals surface area contributed by atoms with Crippen LogP contribution < -0.4 is 5.32 Å². The summed E-state index contributed by atoms with van der Waals surface area (Å²) in [4.78, 5) is 1.69. The van der Waals surface area contributed by atoms with Crippen LogP contribution in [0.3, 0.4) is 0 Å². The average Bonchev–Trinajstić information content (AvgIpc) is 2.51. The van der Waals surface area contributed by atoms with E-state index in [0.717, 1.165) is 0 Å². The topological polar surface area (TPSA) is 15.3 Å². The predicted molar refractivity (Wildman–Crippen MR) is 75.5 cm³/mol. The normalized spacial score (nSPS) is 17.0. The van der Waals surface area contributed by atoms with Gasteiger partial charge in [-0.15, -0.1) is 19.0 Å². The van der Waals surface area contributed by atoms with Crippen LogP contribution in [0.1, 0.15) is 18.0 Å². The van der Waals surface area contributed by atoms with Crippen LogP contribution in [-0.2, 0) is 0 Å². The second-order valence-corrected chi connectivity index (χ2v) is 4.81. The first-order valence-electron chi connectivity index (χ1n) is 6.56. The highest BCUT2D eigenvalue weighted by Gasteiger charge is 2.33. The number of piperazine rings is 1. The third-order valence-corrected chi connectivity index (χ3v) is 3.56. The van der Waals surface area contributed by atoms with Crippen molar-refractivity contribution in [2.75, 3.05) is 26.2 Å². The maximum Gasteiger partial charge on any atom is 0.200 e. The minimum atomic E-state index is -2.13. The van der Waals surface area contributed by atoms with Crippen LogP contribution >= 0.6 is 12.4 Å². The minimum Gasteiger partial charge on any atom is -0.314 e. The van der Waals surface area contributed by atoms with Crippen molar-refractivity contribution in [3.63, 3.8) is 0 Å². The molecule has 1 N–H and O–H groups in total. The van der Waals surface area contributed by atoms with E-state index < -0.39 is 40.7 Å². The lowest BCUT2D eigenvalue weighted by Gasteiger charge is -2.35. The Kier molecular flexibility index (Phi) is 6.77. The second-order valence-electron chi connectivity index (χ2n) is 4.81. The fourth-order valence-corrected chi connectivity index (χ4v) is 2.52. The van der Waals surface area contributed by atoms with E-state index in [-0.39, 0.29) is 18.8 Å². The molecule has 0 radical (unpaired) electrons. The molecule has 0 saturated carbocycles. The molecule has 1 aliphatic heterocycles. The first-order chi connectivity index (χ1) is 9.99. The monoisotopic (exact) mass is 342 g/mol. The lowest BCUT2D eigenvalue weighted by Crippen LogP contribution is -2.45. The molecular weight excluding hydrogens is 327 g/mol. The molecule has 1 heterocycles. The summed E-state index contributed by atoms with van der Waals surface area (Å²) in [5.41, 5.74) is -0.784. The summed E-state index contributed by atoms with van der Waals surface area (Å²) in [5.74, 6) is -9.49. The van der Waals surface area contributed by atoms with E-state index in [0.29, 0.717) is 26.2 Å². The van der Waals surface area contributed by atoms with Gasteiger partial charge in [-0.05, 0) is 6.42 Å². The number of rotatable bonds is 4. The van der Waals surface area contributed by atoms with Gasteiger partial charge >= 0.3 is 0 Å². The molecule has 8 heteroatoms. The lowest BCUT2D eigenvalue weighted by atomic mass is 9.99. The van der Waals surface area contributed by atoms with E-state index in [4.69, 9.17) is 0 Å². The Bertz CT molecular complexity index is 518. The number of hydrogen-bond donors (Lipinski definition) is 1. The second kappa shape index (κ2) is 7.89. The summed E-state index contributed by atoms with van der Waals surface area (Å²) in [5, 5.41) is 3.06. The van der Waals surface area contributed by atoms with Crippen molar-refractivity contribution in [2.24, 2.45) is 0 Å². The van der Waals surface area contributed by atoms with E-state index in [2.05, 4.69) is 11.9 Å². The number of benzene rings is 1. The van der Waals surface area contributed by atoms with Crippen LogP contribution in [0.5, 0.6) is 0 Å². The minimum absolute atomic E-state index is 0. The Balaban J connectivity index is 0.00000242. The molecule has 1 aromatic rings. The molecule has 1 aromatic carbocycles. The first-order valence-corrected chi connectivity index (χ1v) is 6.56. The maximum absolute atomic E-state index is 13.9. The zero-order valence-electron chi connectivity index (χ0n) is 11.6. The van der Waals surface area contributed by atoms with E-state index in [1.807, 2.05) is 0 Å². The van der Waals surface area contributed by atoms with Crippen LogP contribution in [-0.4, -0.2) is 31.1 Å². The van der Waals surface area contributed by atoms with Gasteiger partial charge in [0.25, 0.3) is 0 Å². The molecule has 0 unspecified atom stereocenters. The van der Waals surface area contributed by atoms with E-state index in [9.17, 15) is 22.0 Å². The fraction of sp³-hybridized carbons (Fsp3) is 0.429. The Hall–Kier alpha value is -1.18. The van der Waals surface area contributed by atoms with Gasteiger partial charge in [0.05, 0.1) is 0 Å². The molecule has 1 saturated heterocycles. The van der Waals surface area contributed by atoms with Crippen LogP contribution in [0.4, 0.5) is 22.0 Å². The van der Waals surface area contributed by atoms with Crippen molar-refractivity contribution < 1.29 is 22.0 Å². The van der Waals surface area contributed by atoms with Crippen LogP contribution in [0, 0.1) is 29.1 Å². The van der Waals surface area contributed by atoms with Crippen molar-refractivity contribution in [1.29, 1.82) is 0 Å². The largest absolute Gasteiger partial charge is 0.314 e. The summed E-state index contributed by atoms with van der Waals surface area (Å²) in [6, 6.07) is -0.922. The van der Waals surface area contributed by atoms with Crippen molar-refractivity contribution in [3.8, 4) is 0 Å². The molecular formula is C14H16ClF5N2. The van der Waals surface area contributed by atoms with Crippen LogP contribution in [0.15, 0.2) is 12.7 Å². The molecule has 124 valence electrons. The molecule has 2 rings (SSSR count). The summed E-state index contributed by atoms with van der Waals surface area (Å²) in [6.45, 7) is 5.58. The van der Waals surface area contributed by atoms with Gasteiger partial charge in [-0.2, -0.15) is 0 Å². The van der Waals surface area contributed by atoms with Crippen molar-refractivity contribution >= 4 is 12.4 Å². The number of hydrogen-bond acceptors (Lipinski definition) is 2. The predicted octanol–water partition coefficient (Wildman–Crippen LogP) is 3.33. The van der Waals surface area contributed by atoms with Crippen molar-refractivity contribution in [1.82, 2.24) is 10.2 Å². The van der Waals surface area contributed by atoms with Crippen molar-refractivity contribution in [2.45, 2.75) is 12.5 Å². The van der Waals surface area contributed by atoms with E-state index in [1.54, 1.807) is 4.90 Å². The highest BCUT2D eigenvalue weighted by molar-refractivity contribution is 5.85.